The minimum Gasteiger partial charge on any atom is -0.292 e. The fourth-order valence-electron chi connectivity index (χ4n) is 1.57. The summed E-state index contributed by atoms with van der Waals surface area (Å²) in [5, 5.41) is 10.1. The molecule has 0 aliphatic heterocycles. The Labute approximate surface area is 93.7 Å². The maximum atomic E-state index is 11.8. The second-order valence-electron chi connectivity index (χ2n) is 3.67. The molecule has 0 unspecified atom stereocenters. The average Bonchev–Trinajstić information content (AvgIpc) is 2.74. The highest BCUT2D eigenvalue weighted by Crippen LogP contribution is 2.08. The largest absolute Gasteiger partial charge is 0.292 e. The summed E-state index contributed by atoms with van der Waals surface area (Å²) in [4.78, 5) is 11.8. The van der Waals surface area contributed by atoms with Crippen molar-refractivity contribution in [3.8, 4) is 0 Å². The molecule has 1 aromatic heterocycles. The molecular weight excluding hydrogens is 202 g/mol. The number of nitrogens with zero attached hydrogens (tertiary/aromatic N) is 2. The number of aromatic amines is 1. The lowest BCUT2D eigenvalue weighted by Crippen LogP contribution is -2.03. The number of benzene rings is 1. The van der Waals surface area contributed by atoms with Crippen LogP contribution in [0.4, 0.5) is 0 Å². The van der Waals surface area contributed by atoms with Gasteiger partial charge in [0.2, 0.25) is 0 Å². The van der Waals surface area contributed by atoms with E-state index in [9.17, 15) is 4.79 Å². The van der Waals surface area contributed by atoms with Crippen molar-refractivity contribution in [3.63, 3.8) is 0 Å². The van der Waals surface area contributed by atoms with E-state index in [2.05, 4.69) is 15.4 Å². The van der Waals surface area contributed by atoms with Crippen LogP contribution < -0.4 is 0 Å². The highest BCUT2D eigenvalue weighted by atomic mass is 16.1. The first-order valence-corrected chi connectivity index (χ1v) is 5.22. The molecule has 4 heteroatoms. The van der Waals surface area contributed by atoms with Gasteiger partial charge in [-0.15, -0.1) is 0 Å². The Morgan fingerprint density at radius 1 is 1.25 bits per heavy atom. The van der Waals surface area contributed by atoms with E-state index in [0.717, 1.165) is 12.0 Å². The van der Waals surface area contributed by atoms with Crippen molar-refractivity contribution >= 4 is 5.78 Å². The van der Waals surface area contributed by atoms with Crippen LogP contribution in [-0.2, 0) is 6.42 Å². The van der Waals surface area contributed by atoms with Crippen molar-refractivity contribution < 1.29 is 4.79 Å². The average molecular weight is 215 g/mol. The minimum atomic E-state index is 0.0371. The predicted molar refractivity (Wildman–Crippen MR) is 60.2 cm³/mol. The number of aryl methyl sites for hydroxylation is 2. The zero-order chi connectivity index (χ0) is 11.4. The molecule has 2 rings (SSSR count). The fourth-order valence-corrected chi connectivity index (χ4v) is 1.57. The van der Waals surface area contributed by atoms with Crippen LogP contribution in [0.1, 0.15) is 28.2 Å². The van der Waals surface area contributed by atoms with E-state index in [1.807, 2.05) is 30.3 Å². The zero-order valence-electron chi connectivity index (χ0n) is 9.10. The summed E-state index contributed by atoms with van der Waals surface area (Å²) in [5.41, 5.74) is 2.28. The van der Waals surface area contributed by atoms with E-state index in [1.54, 1.807) is 6.92 Å². The minimum absolute atomic E-state index is 0.0371. The topological polar surface area (TPSA) is 58.6 Å². The highest BCUT2D eigenvalue weighted by molar-refractivity contribution is 5.95. The third-order valence-electron chi connectivity index (χ3n) is 2.47. The summed E-state index contributed by atoms with van der Waals surface area (Å²) >= 11 is 0. The van der Waals surface area contributed by atoms with Gasteiger partial charge in [-0.25, -0.2) is 0 Å². The smallest absolute Gasteiger partial charge is 0.185 e. The third kappa shape index (κ3) is 2.34. The molecule has 0 saturated carbocycles. The Kier molecular flexibility index (Phi) is 3.10. The van der Waals surface area contributed by atoms with Crippen molar-refractivity contribution in [2.75, 3.05) is 0 Å². The molecule has 1 aromatic carbocycles. The van der Waals surface area contributed by atoms with Crippen LogP contribution in [0, 0.1) is 6.92 Å². The van der Waals surface area contributed by atoms with Gasteiger partial charge in [0, 0.05) is 6.42 Å². The Hall–Kier alpha value is -1.97. The maximum absolute atomic E-state index is 11.8. The van der Waals surface area contributed by atoms with Crippen molar-refractivity contribution in [2.24, 2.45) is 0 Å². The number of nitrogens with one attached hydrogen (secondary N) is 1. The van der Waals surface area contributed by atoms with Gasteiger partial charge in [-0.3, -0.25) is 4.79 Å². The van der Waals surface area contributed by atoms with E-state index < -0.39 is 0 Å². The van der Waals surface area contributed by atoms with Crippen LogP contribution in [0.25, 0.3) is 0 Å². The summed E-state index contributed by atoms with van der Waals surface area (Å²) in [7, 11) is 0. The Morgan fingerprint density at radius 2 is 2.00 bits per heavy atom. The van der Waals surface area contributed by atoms with Gasteiger partial charge in [-0.05, 0) is 18.9 Å². The molecule has 16 heavy (non-hydrogen) atoms. The van der Waals surface area contributed by atoms with Gasteiger partial charge in [0.1, 0.15) is 0 Å². The van der Waals surface area contributed by atoms with Crippen LogP contribution in [-0.4, -0.2) is 21.2 Å². The molecular formula is C12H13N3O. The van der Waals surface area contributed by atoms with Gasteiger partial charge < -0.3 is 0 Å². The van der Waals surface area contributed by atoms with Crippen molar-refractivity contribution in [1.29, 1.82) is 0 Å². The van der Waals surface area contributed by atoms with Crippen LogP contribution >= 0.6 is 0 Å². The van der Waals surface area contributed by atoms with Crippen LogP contribution in [0.3, 0.4) is 0 Å². The first-order valence-electron chi connectivity index (χ1n) is 5.22. The van der Waals surface area contributed by atoms with Gasteiger partial charge in [0.15, 0.2) is 11.5 Å². The number of carbonyl (C=O) groups is 1. The van der Waals surface area contributed by atoms with Crippen LogP contribution in [0.5, 0.6) is 0 Å². The molecule has 1 N–H and O–H groups in total. The lowest BCUT2D eigenvalue weighted by atomic mass is 10.1. The zero-order valence-corrected chi connectivity index (χ0v) is 9.10. The van der Waals surface area contributed by atoms with E-state index in [4.69, 9.17) is 0 Å². The first kappa shape index (κ1) is 10.5. The molecule has 82 valence electrons. The summed E-state index contributed by atoms with van der Waals surface area (Å²) in [5.74, 6) is 0.0371. The summed E-state index contributed by atoms with van der Waals surface area (Å²) in [6.07, 6.45) is 1.21. The van der Waals surface area contributed by atoms with Crippen LogP contribution in [0.2, 0.25) is 0 Å². The molecule has 0 bridgehead atoms. The van der Waals surface area contributed by atoms with Gasteiger partial charge in [0.05, 0.1) is 5.69 Å². The van der Waals surface area contributed by atoms with E-state index in [0.29, 0.717) is 17.8 Å². The monoisotopic (exact) mass is 215 g/mol. The Bertz CT molecular complexity index is 476. The molecule has 0 aliphatic rings. The van der Waals surface area contributed by atoms with E-state index in [1.165, 1.54) is 0 Å². The van der Waals surface area contributed by atoms with Gasteiger partial charge in [-0.1, -0.05) is 30.3 Å². The highest BCUT2D eigenvalue weighted by Gasteiger charge is 2.12. The number of H-pyrrole nitrogens is 1. The molecule has 0 atom stereocenters. The number of Topliss-reactive ketones (excluding diaryl/α,β-unsaturated/α-hetero) is 1. The molecule has 0 radical (unpaired) electrons. The first-order chi connectivity index (χ1) is 7.77. The predicted octanol–water partition coefficient (Wildman–Crippen LogP) is 1.93. The number of ketones is 1. The van der Waals surface area contributed by atoms with Crippen LogP contribution in [0.15, 0.2) is 30.3 Å². The fraction of sp³-hybridized carbons (Fsp3) is 0.250. The normalized spacial score (nSPS) is 10.3. The molecule has 0 aliphatic carbocycles. The van der Waals surface area contributed by atoms with Gasteiger partial charge in [-0.2, -0.15) is 15.4 Å². The molecule has 0 saturated heterocycles. The second kappa shape index (κ2) is 4.70. The van der Waals surface area contributed by atoms with Crippen molar-refractivity contribution in [2.45, 2.75) is 19.8 Å². The van der Waals surface area contributed by atoms with Gasteiger partial charge in [0.25, 0.3) is 0 Å². The molecule has 0 fully saturated rings. The lowest BCUT2D eigenvalue weighted by molar-refractivity contribution is 0.0977. The Morgan fingerprint density at radius 3 is 2.62 bits per heavy atom. The molecule has 1 heterocycles. The number of hydrogen-bond donors (Lipinski definition) is 1. The van der Waals surface area contributed by atoms with Crippen molar-refractivity contribution in [3.05, 3.63) is 47.3 Å². The van der Waals surface area contributed by atoms with Crippen molar-refractivity contribution in [1.82, 2.24) is 15.4 Å². The third-order valence-corrected chi connectivity index (χ3v) is 2.47. The molecule has 2 aromatic rings. The maximum Gasteiger partial charge on any atom is 0.185 e. The number of carbonyl (C=O) groups excluding carboxylic acids is 1. The summed E-state index contributed by atoms with van der Waals surface area (Å²) in [6, 6.07) is 9.95. The Balaban J connectivity index is 1.97. The molecule has 4 nitrogen and oxygen atoms in total. The summed E-state index contributed by atoms with van der Waals surface area (Å²) < 4.78 is 0. The number of rotatable bonds is 4. The summed E-state index contributed by atoms with van der Waals surface area (Å²) in [6.45, 7) is 1.78. The second-order valence-corrected chi connectivity index (χ2v) is 3.67. The lowest BCUT2D eigenvalue weighted by Gasteiger charge is -1.99. The SMILES string of the molecule is Cc1n[nH]nc1C(=O)CCc1ccccc1. The quantitative estimate of drug-likeness (QED) is 0.793. The van der Waals surface area contributed by atoms with E-state index >= 15 is 0 Å². The van der Waals surface area contributed by atoms with E-state index in [-0.39, 0.29) is 5.78 Å². The molecule has 0 amide bonds. The number of aromatic nitrogens is 3. The van der Waals surface area contributed by atoms with Gasteiger partial charge >= 0.3 is 0 Å². The number of hydrogen-bond acceptors (Lipinski definition) is 3. The standard InChI is InChI=1S/C12H13N3O/c1-9-12(14-15-13-9)11(16)8-7-10-5-3-2-4-6-10/h2-6H,7-8H2,1H3,(H,13,14,15). The molecule has 0 spiro atoms.